The van der Waals surface area contributed by atoms with Gasteiger partial charge in [-0.1, -0.05) is 6.07 Å². The number of carboxylic acids is 1. The molecule has 0 aliphatic carbocycles. The zero-order valence-electron chi connectivity index (χ0n) is 13.3. The second-order valence-electron chi connectivity index (χ2n) is 5.98. The van der Waals surface area contributed by atoms with Crippen molar-refractivity contribution in [1.82, 2.24) is 9.88 Å². The van der Waals surface area contributed by atoms with Gasteiger partial charge in [-0.3, -0.25) is 4.79 Å². The van der Waals surface area contributed by atoms with E-state index in [9.17, 15) is 14.7 Å². The molecule has 7 heteroatoms. The summed E-state index contributed by atoms with van der Waals surface area (Å²) >= 11 is 0. The molecule has 0 spiro atoms. The number of para-hydroxylation sites is 1. The van der Waals surface area contributed by atoms with E-state index in [2.05, 4.69) is 4.98 Å². The van der Waals surface area contributed by atoms with Gasteiger partial charge in [0, 0.05) is 32.1 Å². The number of benzene rings is 1. The van der Waals surface area contributed by atoms with E-state index < -0.39 is 5.97 Å². The average molecular weight is 317 g/mol. The van der Waals surface area contributed by atoms with E-state index in [4.69, 9.17) is 4.42 Å². The molecule has 2 heterocycles. The third-order valence-corrected chi connectivity index (χ3v) is 4.22. The molecule has 1 N–H and O–H groups in total. The summed E-state index contributed by atoms with van der Waals surface area (Å²) in [6, 6.07) is 5.32. The van der Waals surface area contributed by atoms with Crippen LogP contribution in [0.15, 0.2) is 22.6 Å². The summed E-state index contributed by atoms with van der Waals surface area (Å²) in [6.07, 6.45) is 0. The molecule has 3 rings (SSSR count). The number of anilines is 1. The van der Waals surface area contributed by atoms with Crippen molar-refractivity contribution >= 4 is 29.0 Å². The van der Waals surface area contributed by atoms with Gasteiger partial charge >= 0.3 is 5.97 Å². The minimum absolute atomic E-state index is 0.0315. The van der Waals surface area contributed by atoms with E-state index in [1.54, 1.807) is 24.0 Å². The van der Waals surface area contributed by atoms with Crippen molar-refractivity contribution in [3.63, 3.8) is 0 Å². The van der Waals surface area contributed by atoms with Gasteiger partial charge in [-0.2, -0.15) is 4.98 Å². The number of amides is 1. The highest BCUT2D eigenvalue weighted by molar-refractivity contribution is 6.00. The maximum absolute atomic E-state index is 11.6. The molecular weight excluding hydrogens is 298 g/mol. The molecule has 1 fully saturated rings. The van der Waals surface area contributed by atoms with Crippen molar-refractivity contribution in [1.29, 1.82) is 0 Å². The third kappa shape index (κ3) is 2.62. The standard InChI is InChI=1S/C16H19N3O4/c1-9-7-18(11(3)20)8-10(2)19(9)16-17-14-12(15(21)22)5-4-6-13(14)23-16/h4-6,9-10H,7-8H2,1-3H3,(H,21,22). The molecular formula is C16H19N3O4. The molecule has 1 amide bonds. The van der Waals surface area contributed by atoms with E-state index in [0.29, 0.717) is 30.2 Å². The summed E-state index contributed by atoms with van der Waals surface area (Å²) in [5.74, 6) is -0.980. The van der Waals surface area contributed by atoms with E-state index in [0.717, 1.165) is 0 Å². The molecule has 1 aromatic carbocycles. The highest BCUT2D eigenvalue weighted by Gasteiger charge is 2.33. The van der Waals surface area contributed by atoms with Crippen LogP contribution in [0.2, 0.25) is 0 Å². The van der Waals surface area contributed by atoms with E-state index in [-0.39, 0.29) is 23.6 Å². The summed E-state index contributed by atoms with van der Waals surface area (Å²) in [4.78, 5) is 31.1. The van der Waals surface area contributed by atoms with Crippen molar-refractivity contribution in [2.45, 2.75) is 32.9 Å². The lowest BCUT2D eigenvalue weighted by molar-refractivity contribution is -0.130. The van der Waals surface area contributed by atoms with Crippen LogP contribution in [0, 0.1) is 0 Å². The molecule has 2 aromatic rings. The van der Waals surface area contributed by atoms with Crippen LogP contribution in [0.1, 0.15) is 31.1 Å². The van der Waals surface area contributed by atoms with Crippen LogP contribution in [0.3, 0.4) is 0 Å². The molecule has 1 saturated heterocycles. The fraction of sp³-hybridized carbons (Fsp3) is 0.438. The van der Waals surface area contributed by atoms with Crippen molar-refractivity contribution < 1.29 is 19.1 Å². The number of hydrogen-bond acceptors (Lipinski definition) is 5. The molecule has 0 bridgehead atoms. The normalized spacial score (nSPS) is 21.7. The van der Waals surface area contributed by atoms with Gasteiger partial charge < -0.3 is 19.3 Å². The predicted molar refractivity (Wildman–Crippen MR) is 84.6 cm³/mol. The third-order valence-electron chi connectivity index (χ3n) is 4.22. The first-order valence-electron chi connectivity index (χ1n) is 7.55. The van der Waals surface area contributed by atoms with Crippen LogP contribution >= 0.6 is 0 Å². The Labute approximate surface area is 133 Å². The summed E-state index contributed by atoms with van der Waals surface area (Å²) in [6.45, 7) is 6.74. The van der Waals surface area contributed by atoms with Gasteiger partial charge in [0.1, 0.15) is 5.52 Å². The number of carbonyl (C=O) groups is 2. The van der Waals surface area contributed by atoms with Gasteiger partial charge in [0.25, 0.3) is 6.01 Å². The number of oxazole rings is 1. The van der Waals surface area contributed by atoms with Gasteiger partial charge in [0.05, 0.1) is 5.56 Å². The Morgan fingerprint density at radius 2 is 1.91 bits per heavy atom. The maximum atomic E-state index is 11.6. The first-order chi connectivity index (χ1) is 10.9. The van der Waals surface area contributed by atoms with Crippen LogP contribution < -0.4 is 4.90 Å². The monoisotopic (exact) mass is 317 g/mol. The Balaban J connectivity index is 1.98. The quantitative estimate of drug-likeness (QED) is 0.911. The molecule has 1 aliphatic heterocycles. The molecule has 2 unspecified atom stereocenters. The zero-order valence-corrected chi connectivity index (χ0v) is 13.3. The number of nitrogens with zero attached hydrogens (tertiary/aromatic N) is 3. The summed E-state index contributed by atoms with van der Waals surface area (Å²) < 4.78 is 5.78. The second-order valence-corrected chi connectivity index (χ2v) is 5.98. The second kappa shape index (κ2) is 5.57. The average Bonchev–Trinajstić information content (AvgIpc) is 2.89. The minimum Gasteiger partial charge on any atom is -0.478 e. The van der Waals surface area contributed by atoms with Crippen LogP contribution in [0.5, 0.6) is 0 Å². The SMILES string of the molecule is CC(=O)N1CC(C)N(c2nc3c(C(=O)O)cccc3o2)C(C)C1. The van der Waals surface area contributed by atoms with Crippen molar-refractivity contribution in [3.8, 4) is 0 Å². The van der Waals surface area contributed by atoms with Gasteiger partial charge in [0.15, 0.2) is 5.58 Å². The van der Waals surface area contributed by atoms with Crippen molar-refractivity contribution in [2.24, 2.45) is 0 Å². The smallest absolute Gasteiger partial charge is 0.338 e. The van der Waals surface area contributed by atoms with E-state index in [1.807, 2.05) is 18.7 Å². The van der Waals surface area contributed by atoms with Crippen LogP contribution in [-0.2, 0) is 4.79 Å². The Morgan fingerprint density at radius 3 is 2.48 bits per heavy atom. The summed E-state index contributed by atoms with van der Waals surface area (Å²) in [5, 5.41) is 9.26. The van der Waals surface area contributed by atoms with Gasteiger partial charge in [-0.15, -0.1) is 0 Å². The molecule has 2 atom stereocenters. The Kier molecular flexibility index (Phi) is 3.71. The lowest BCUT2D eigenvalue weighted by Crippen LogP contribution is -2.58. The van der Waals surface area contributed by atoms with Crippen molar-refractivity contribution in [2.75, 3.05) is 18.0 Å². The van der Waals surface area contributed by atoms with Crippen LogP contribution in [-0.4, -0.2) is 52.0 Å². The zero-order chi connectivity index (χ0) is 16.7. The Morgan fingerprint density at radius 1 is 1.26 bits per heavy atom. The fourth-order valence-corrected chi connectivity index (χ4v) is 3.18. The number of aromatic nitrogens is 1. The van der Waals surface area contributed by atoms with Crippen LogP contribution in [0.25, 0.3) is 11.1 Å². The van der Waals surface area contributed by atoms with E-state index >= 15 is 0 Å². The van der Waals surface area contributed by atoms with Gasteiger partial charge in [-0.05, 0) is 26.0 Å². The molecule has 0 radical (unpaired) electrons. The van der Waals surface area contributed by atoms with Gasteiger partial charge in [-0.25, -0.2) is 4.79 Å². The summed E-state index contributed by atoms with van der Waals surface area (Å²) in [7, 11) is 0. The molecule has 122 valence electrons. The Bertz CT molecular complexity index is 758. The fourth-order valence-electron chi connectivity index (χ4n) is 3.18. The number of hydrogen-bond donors (Lipinski definition) is 1. The highest BCUT2D eigenvalue weighted by atomic mass is 16.4. The number of carboxylic acid groups (broad SMARTS) is 1. The molecule has 1 aliphatic rings. The topological polar surface area (TPSA) is 86.9 Å². The largest absolute Gasteiger partial charge is 0.478 e. The molecule has 1 aromatic heterocycles. The number of carbonyl (C=O) groups excluding carboxylic acids is 1. The number of aromatic carboxylic acids is 1. The lowest BCUT2D eigenvalue weighted by Gasteiger charge is -2.43. The predicted octanol–water partition coefficient (Wildman–Crippen LogP) is 1.97. The summed E-state index contributed by atoms with van der Waals surface area (Å²) in [5.41, 5.74) is 0.928. The Hall–Kier alpha value is -2.57. The van der Waals surface area contributed by atoms with Crippen LogP contribution in [0.4, 0.5) is 6.01 Å². The highest BCUT2D eigenvalue weighted by Crippen LogP contribution is 2.29. The molecule has 7 nitrogen and oxygen atoms in total. The number of piperazine rings is 1. The molecule has 23 heavy (non-hydrogen) atoms. The lowest BCUT2D eigenvalue weighted by atomic mass is 10.1. The van der Waals surface area contributed by atoms with Crippen molar-refractivity contribution in [3.05, 3.63) is 23.8 Å². The first-order valence-corrected chi connectivity index (χ1v) is 7.55. The molecule has 0 saturated carbocycles. The number of fused-ring (bicyclic) bond motifs is 1. The van der Waals surface area contributed by atoms with E-state index in [1.165, 1.54) is 6.07 Å². The number of rotatable bonds is 2. The minimum atomic E-state index is -1.03. The van der Waals surface area contributed by atoms with Gasteiger partial charge in [0.2, 0.25) is 5.91 Å². The first kappa shape index (κ1) is 15.3. The maximum Gasteiger partial charge on any atom is 0.338 e.